The van der Waals surface area contributed by atoms with Gasteiger partial charge in [0.15, 0.2) is 0 Å². The lowest BCUT2D eigenvalue weighted by molar-refractivity contribution is -0.411. The molecular weight excluding hydrogens is 200 g/mol. The fraction of sp³-hybridized carbons (Fsp3) is 0.143. The van der Waals surface area contributed by atoms with Crippen LogP contribution in [-0.4, -0.2) is 7.11 Å². The first-order valence-corrected chi connectivity index (χ1v) is 5.16. The first-order chi connectivity index (χ1) is 7.81. The van der Waals surface area contributed by atoms with Crippen molar-refractivity contribution < 1.29 is 9.84 Å². The molecule has 2 heteroatoms. The SMILES string of the molecule is COc1ccc(C([O-])c2ccccc2)cc1. The van der Waals surface area contributed by atoms with Gasteiger partial charge in [-0.05, 0) is 12.1 Å². The fourth-order valence-corrected chi connectivity index (χ4v) is 1.60. The molecule has 82 valence electrons. The molecule has 0 spiro atoms. The highest BCUT2D eigenvalue weighted by molar-refractivity contribution is 5.33. The molecule has 2 aromatic rings. The van der Waals surface area contributed by atoms with Crippen LogP contribution in [0.3, 0.4) is 0 Å². The molecule has 0 amide bonds. The predicted molar refractivity (Wildman–Crippen MR) is 61.3 cm³/mol. The average molecular weight is 213 g/mol. The van der Waals surface area contributed by atoms with Crippen molar-refractivity contribution in [1.29, 1.82) is 0 Å². The first-order valence-electron chi connectivity index (χ1n) is 5.16. The van der Waals surface area contributed by atoms with Crippen molar-refractivity contribution in [2.45, 2.75) is 6.10 Å². The Morgan fingerprint density at radius 3 is 2.00 bits per heavy atom. The second-order valence-electron chi connectivity index (χ2n) is 3.56. The summed E-state index contributed by atoms with van der Waals surface area (Å²) in [5.74, 6) is 0.768. The lowest BCUT2D eigenvalue weighted by Gasteiger charge is -2.23. The van der Waals surface area contributed by atoms with E-state index in [-0.39, 0.29) is 0 Å². The van der Waals surface area contributed by atoms with E-state index in [2.05, 4.69) is 0 Å². The van der Waals surface area contributed by atoms with Crippen LogP contribution in [-0.2, 0) is 0 Å². The molecule has 1 unspecified atom stereocenters. The number of rotatable bonds is 3. The lowest BCUT2D eigenvalue weighted by atomic mass is 10.0. The Hall–Kier alpha value is -1.80. The van der Waals surface area contributed by atoms with E-state index in [0.29, 0.717) is 0 Å². The molecule has 16 heavy (non-hydrogen) atoms. The molecule has 0 saturated heterocycles. The van der Waals surface area contributed by atoms with Crippen LogP contribution in [0.1, 0.15) is 17.2 Å². The van der Waals surface area contributed by atoms with Gasteiger partial charge in [-0.3, -0.25) is 0 Å². The van der Waals surface area contributed by atoms with E-state index in [0.717, 1.165) is 16.9 Å². The number of methoxy groups -OCH3 is 1. The highest BCUT2D eigenvalue weighted by Gasteiger charge is 2.01. The minimum atomic E-state index is -0.827. The minimum absolute atomic E-state index is 0.756. The van der Waals surface area contributed by atoms with E-state index in [1.807, 2.05) is 54.6 Å². The topological polar surface area (TPSA) is 32.3 Å². The van der Waals surface area contributed by atoms with E-state index < -0.39 is 6.10 Å². The van der Waals surface area contributed by atoms with Crippen LogP contribution < -0.4 is 9.84 Å². The summed E-state index contributed by atoms with van der Waals surface area (Å²) in [7, 11) is 1.61. The van der Waals surface area contributed by atoms with E-state index in [9.17, 15) is 5.11 Å². The molecule has 2 nitrogen and oxygen atoms in total. The highest BCUT2D eigenvalue weighted by Crippen LogP contribution is 2.21. The van der Waals surface area contributed by atoms with Crippen LogP contribution >= 0.6 is 0 Å². The maximum atomic E-state index is 12.1. The smallest absolute Gasteiger partial charge is 0.118 e. The normalized spacial score (nSPS) is 12.1. The van der Waals surface area contributed by atoms with Crippen LogP contribution in [0.25, 0.3) is 0 Å². The molecule has 2 rings (SSSR count). The molecule has 0 aliphatic heterocycles. The summed E-state index contributed by atoms with van der Waals surface area (Å²) < 4.78 is 5.05. The molecule has 0 saturated carbocycles. The maximum absolute atomic E-state index is 12.1. The standard InChI is InChI=1S/C14H13O2/c1-16-13-9-7-12(8-10-13)14(15)11-5-3-2-4-6-11/h2-10,14H,1H3/q-1. The van der Waals surface area contributed by atoms with Gasteiger partial charge in [0.05, 0.1) is 7.11 Å². The number of hydrogen-bond donors (Lipinski definition) is 0. The van der Waals surface area contributed by atoms with Crippen molar-refractivity contribution in [3.05, 3.63) is 65.7 Å². The van der Waals surface area contributed by atoms with Crippen molar-refractivity contribution in [3.8, 4) is 5.75 Å². The zero-order valence-electron chi connectivity index (χ0n) is 9.09. The van der Waals surface area contributed by atoms with E-state index in [1.54, 1.807) is 7.11 Å². The van der Waals surface area contributed by atoms with Crippen molar-refractivity contribution in [2.75, 3.05) is 7.11 Å². The molecule has 1 atom stereocenters. The fourth-order valence-electron chi connectivity index (χ4n) is 1.60. The molecule has 0 aromatic heterocycles. The third-order valence-corrected chi connectivity index (χ3v) is 2.52. The monoisotopic (exact) mass is 213 g/mol. The molecule has 0 heterocycles. The van der Waals surface area contributed by atoms with Crippen LogP contribution in [0.2, 0.25) is 0 Å². The Kier molecular flexibility index (Phi) is 3.22. The Labute approximate surface area is 95.1 Å². The minimum Gasteiger partial charge on any atom is -0.845 e. The van der Waals surface area contributed by atoms with Gasteiger partial charge in [0, 0.05) is 0 Å². The van der Waals surface area contributed by atoms with Crippen molar-refractivity contribution in [1.82, 2.24) is 0 Å². The Morgan fingerprint density at radius 2 is 1.44 bits per heavy atom. The molecule has 0 aliphatic carbocycles. The maximum Gasteiger partial charge on any atom is 0.118 e. The molecule has 0 fully saturated rings. The second kappa shape index (κ2) is 4.81. The summed E-state index contributed by atoms with van der Waals surface area (Å²) in [6.07, 6.45) is -0.827. The molecule has 0 N–H and O–H groups in total. The number of benzene rings is 2. The van der Waals surface area contributed by atoms with Gasteiger partial charge in [-0.1, -0.05) is 59.7 Å². The highest BCUT2D eigenvalue weighted by atomic mass is 16.5. The molecular formula is C14H13O2-. The van der Waals surface area contributed by atoms with Gasteiger partial charge < -0.3 is 9.84 Å². The zero-order chi connectivity index (χ0) is 11.4. The molecule has 2 aromatic carbocycles. The van der Waals surface area contributed by atoms with Gasteiger partial charge in [-0.15, -0.1) is 0 Å². The van der Waals surface area contributed by atoms with Gasteiger partial charge in [-0.2, -0.15) is 0 Å². The average Bonchev–Trinajstić information content (AvgIpc) is 2.39. The quantitative estimate of drug-likeness (QED) is 0.782. The second-order valence-corrected chi connectivity index (χ2v) is 3.56. The molecule has 0 aliphatic rings. The Bertz CT molecular complexity index is 434. The zero-order valence-corrected chi connectivity index (χ0v) is 9.09. The van der Waals surface area contributed by atoms with Gasteiger partial charge >= 0.3 is 0 Å². The molecule has 0 radical (unpaired) electrons. The summed E-state index contributed by atoms with van der Waals surface area (Å²) in [5, 5.41) is 12.1. The van der Waals surface area contributed by atoms with Crippen molar-refractivity contribution >= 4 is 0 Å². The van der Waals surface area contributed by atoms with Gasteiger partial charge in [-0.25, -0.2) is 0 Å². The summed E-state index contributed by atoms with van der Waals surface area (Å²) in [4.78, 5) is 0. The predicted octanol–water partition coefficient (Wildman–Crippen LogP) is 2.14. The van der Waals surface area contributed by atoms with E-state index in [1.165, 1.54) is 0 Å². The third kappa shape index (κ3) is 2.23. The summed E-state index contributed by atoms with van der Waals surface area (Å²) >= 11 is 0. The first kappa shape index (κ1) is 10.7. The Morgan fingerprint density at radius 1 is 0.875 bits per heavy atom. The summed E-state index contributed by atoms with van der Waals surface area (Å²) in [6, 6.07) is 16.6. The van der Waals surface area contributed by atoms with Crippen LogP contribution in [0.15, 0.2) is 54.6 Å². The van der Waals surface area contributed by atoms with E-state index in [4.69, 9.17) is 4.74 Å². The largest absolute Gasteiger partial charge is 0.845 e. The van der Waals surface area contributed by atoms with Crippen LogP contribution in [0.4, 0.5) is 0 Å². The summed E-state index contributed by atoms with van der Waals surface area (Å²) in [6.45, 7) is 0. The number of ether oxygens (including phenoxy) is 1. The Balaban J connectivity index is 2.24. The lowest BCUT2D eigenvalue weighted by Crippen LogP contribution is -2.16. The van der Waals surface area contributed by atoms with Gasteiger partial charge in [0.2, 0.25) is 0 Å². The van der Waals surface area contributed by atoms with Gasteiger partial charge in [0.1, 0.15) is 5.75 Å². The van der Waals surface area contributed by atoms with Crippen LogP contribution in [0.5, 0.6) is 5.75 Å². The summed E-state index contributed by atoms with van der Waals surface area (Å²) in [5.41, 5.74) is 1.54. The number of hydrogen-bond acceptors (Lipinski definition) is 2. The molecule has 0 bridgehead atoms. The van der Waals surface area contributed by atoms with E-state index >= 15 is 0 Å². The van der Waals surface area contributed by atoms with Gasteiger partial charge in [0.25, 0.3) is 0 Å². The third-order valence-electron chi connectivity index (χ3n) is 2.52. The van der Waals surface area contributed by atoms with Crippen molar-refractivity contribution in [3.63, 3.8) is 0 Å². The van der Waals surface area contributed by atoms with Crippen LogP contribution in [0, 0.1) is 0 Å². The van der Waals surface area contributed by atoms with Crippen molar-refractivity contribution in [2.24, 2.45) is 0 Å².